The van der Waals surface area contributed by atoms with Gasteiger partial charge in [-0.3, -0.25) is 25.0 Å². The molecule has 0 fully saturated rings. The van der Waals surface area contributed by atoms with Crippen molar-refractivity contribution in [1.29, 1.82) is 0 Å². The molecule has 0 aliphatic rings. The van der Waals surface area contributed by atoms with Crippen molar-refractivity contribution in [1.82, 2.24) is 0 Å². The Morgan fingerprint density at radius 2 is 1.38 bits per heavy atom. The summed E-state index contributed by atoms with van der Waals surface area (Å²) in [4.78, 5) is 36.4. The first-order valence-electron chi connectivity index (χ1n) is 12.4. The molecule has 0 saturated carbocycles. The SMILES string of the molecule is Cc1ccccc1-c1cc(-c2cccc([N+](=O)[O-])c2)c(C(=O)c2cccc([N+](=O)[O-])c2)c2c1oc1ccccc12. The fraction of sp³-hybridized carbons (Fsp3) is 0.0312. The lowest BCUT2D eigenvalue weighted by atomic mass is 9.86. The maximum atomic E-state index is 14.3. The van der Waals surface area contributed by atoms with Crippen molar-refractivity contribution in [3.8, 4) is 22.3 Å². The number of ketones is 1. The molecule has 0 spiro atoms. The van der Waals surface area contributed by atoms with Crippen LogP contribution in [0.25, 0.3) is 44.2 Å². The third kappa shape index (κ3) is 4.08. The van der Waals surface area contributed by atoms with Gasteiger partial charge in [-0.1, -0.05) is 66.7 Å². The highest BCUT2D eigenvalue weighted by Crippen LogP contribution is 2.44. The monoisotopic (exact) mass is 528 g/mol. The van der Waals surface area contributed by atoms with E-state index in [2.05, 4.69) is 0 Å². The molecule has 0 unspecified atom stereocenters. The highest BCUT2D eigenvalue weighted by Gasteiger charge is 2.27. The standard InChI is InChI=1S/C32H20N2O6/c1-19-8-2-3-13-24(19)27-18-26(20-9-6-11-22(16-20)33(36)37)29(30-25-14-4-5-15-28(25)40-32(27)30)31(35)21-10-7-12-23(17-21)34(38)39/h2-18H,1H3. The Balaban J connectivity index is 1.78. The summed E-state index contributed by atoms with van der Waals surface area (Å²) < 4.78 is 6.37. The van der Waals surface area contributed by atoms with Crippen LogP contribution in [-0.4, -0.2) is 15.6 Å². The number of aryl methyl sites for hydroxylation is 1. The van der Waals surface area contributed by atoms with E-state index in [-0.39, 0.29) is 22.5 Å². The summed E-state index contributed by atoms with van der Waals surface area (Å²) in [7, 11) is 0. The Morgan fingerprint density at radius 1 is 0.700 bits per heavy atom. The Kier molecular flexibility index (Phi) is 5.92. The molecular formula is C32H20N2O6. The predicted octanol–water partition coefficient (Wildman–Crippen LogP) is 8.28. The van der Waals surface area contributed by atoms with Gasteiger partial charge in [0.05, 0.1) is 9.85 Å². The minimum absolute atomic E-state index is 0.121. The second-order valence-corrected chi connectivity index (χ2v) is 9.41. The summed E-state index contributed by atoms with van der Waals surface area (Å²) in [6, 6.07) is 28.6. The molecule has 0 saturated heterocycles. The normalized spacial score (nSPS) is 11.1. The van der Waals surface area contributed by atoms with E-state index < -0.39 is 15.6 Å². The highest BCUT2D eigenvalue weighted by atomic mass is 16.6. The summed E-state index contributed by atoms with van der Waals surface area (Å²) in [5, 5.41) is 24.4. The Bertz CT molecular complexity index is 2010. The van der Waals surface area contributed by atoms with Gasteiger partial charge in [-0.2, -0.15) is 0 Å². The number of fused-ring (bicyclic) bond motifs is 3. The summed E-state index contributed by atoms with van der Waals surface area (Å²) in [5.41, 5.74) is 4.58. The number of rotatable bonds is 6. The molecule has 0 radical (unpaired) electrons. The van der Waals surface area contributed by atoms with Gasteiger partial charge in [0.2, 0.25) is 0 Å². The number of nitro benzene ring substituents is 2. The van der Waals surface area contributed by atoms with Gasteiger partial charge in [0.25, 0.3) is 11.4 Å². The molecule has 1 aromatic heterocycles. The van der Waals surface area contributed by atoms with Crippen LogP contribution in [0.5, 0.6) is 0 Å². The molecule has 0 atom stereocenters. The molecule has 0 amide bonds. The van der Waals surface area contributed by atoms with Gasteiger partial charge in [0, 0.05) is 51.7 Å². The second kappa shape index (κ2) is 9.59. The molecule has 0 N–H and O–H groups in total. The van der Waals surface area contributed by atoms with Crippen molar-refractivity contribution in [3.63, 3.8) is 0 Å². The molecule has 0 aliphatic heterocycles. The Morgan fingerprint density at radius 3 is 2.12 bits per heavy atom. The van der Waals surface area contributed by atoms with E-state index in [1.165, 1.54) is 36.4 Å². The average Bonchev–Trinajstić information content (AvgIpc) is 3.36. The van der Waals surface area contributed by atoms with E-state index in [1.807, 2.05) is 61.5 Å². The number of furan rings is 1. The van der Waals surface area contributed by atoms with Gasteiger partial charge in [-0.25, -0.2) is 0 Å². The first-order valence-corrected chi connectivity index (χ1v) is 12.4. The zero-order valence-electron chi connectivity index (χ0n) is 21.2. The minimum Gasteiger partial charge on any atom is -0.455 e. The van der Waals surface area contributed by atoms with Crippen LogP contribution in [-0.2, 0) is 0 Å². The van der Waals surface area contributed by atoms with Crippen molar-refractivity contribution in [3.05, 3.63) is 140 Å². The van der Waals surface area contributed by atoms with E-state index in [0.29, 0.717) is 33.1 Å². The number of para-hydroxylation sites is 1. The Hall–Kier alpha value is -5.63. The molecule has 5 aromatic carbocycles. The quantitative estimate of drug-likeness (QED) is 0.122. The van der Waals surface area contributed by atoms with Crippen LogP contribution in [0.1, 0.15) is 21.5 Å². The maximum Gasteiger partial charge on any atom is 0.270 e. The topological polar surface area (TPSA) is 116 Å². The smallest absolute Gasteiger partial charge is 0.270 e. The first kappa shape index (κ1) is 24.7. The van der Waals surface area contributed by atoms with Crippen LogP contribution < -0.4 is 0 Å². The van der Waals surface area contributed by atoms with Crippen molar-refractivity contribution < 1.29 is 19.1 Å². The van der Waals surface area contributed by atoms with Gasteiger partial charge in [0.1, 0.15) is 11.2 Å². The number of benzene rings is 5. The van der Waals surface area contributed by atoms with E-state index in [1.54, 1.807) is 12.1 Å². The molecule has 6 rings (SSSR count). The van der Waals surface area contributed by atoms with Crippen molar-refractivity contribution >= 4 is 39.1 Å². The highest BCUT2D eigenvalue weighted by molar-refractivity contribution is 6.27. The number of nitro groups is 2. The molecule has 0 aliphatic carbocycles. The van der Waals surface area contributed by atoms with Crippen molar-refractivity contribution in [2.75, 3.05) is 0 Å². The lowest BCUT2D eigenvalue weighted by molar-refractivity contribution is -0.385. The number of hydrogen-bond acceptors (Lipinski definition) is 6. The van der Waals surface area contributed by atoms with Crippen LogP contribution >= 0.6 is 0 Å². The molecule has 6 aromatic rings. The van der Waals surface area contributed by atoms with E-state index in [4.69, 9.17) is 4.42 Å². The zero-order valence-corrected chi connectivity index (χ0v) is 21.2. The van der Waals surface area contributed by atoms with Crippen LogP contribution in [0, 0.1) is 27.2 Å². The number of hydrogen-bond donors (Lipinski definition) is 0. The van der Waals surface area contributed by atoms with E-state index in [0.717, 1.165) is 16.7 Å². The minimum atomic E-state index is -0.553. The summed E-state index contributed by atoms with van der Waals surface area (Å²) in [5.74, 6) is -0.460. The Labute approximate surface area is 227 Å². The van der Waals surface area contributed by atoms with Gasteiger partial charge in [0.15, 0.2) is 5.78 Å². The van der Waals surface area contributed by atoms with Gasteiger partial charge < -0.3 is 4.42 Å². The number of nitrogens with zero attached hydrogens (tertiary/aromatic N) is 2. The number of carbonyl (C=O) groups is 1. The van der Waals surface area contributed by atoms with Crippen LogP contribution in [0.4, 0.5) is 11.4 Å². The second-order valence-electron chi connectivity index (χ2n) is 9.41. The largest absolute Gasteiger partial charge is 0.455 e. The molecule has 40 heavy (non-hydrogen) atoms. The molecule has 1 heterocycles. The predicted molar refractivity (Wildman–Crippen MR) is 153 cm³/mol. The summed E-state index contributed by atoms with van der Waals surface area (Å²) >= 11 is 0. The third-order valence-corrected chi connectivity index (χ3v) is 7.00. The third-order valence-electron chi connectivity index (χ3n) is 7.00. The maximum absolute atomic E-state index is 14.3. The van der Waals surface area contributed by atoms with Gasteiger partial charge in [-0.05, 0) is 41.3 Å². The summed E-state index contributed by atoms with van der Waals surface area (Å²) in [6.45, 7) is 1.97. The van der Waals surface area contributed by atoms with Crippen molar-refractivity contribution in [2.45, 2.75) is 6.92 Å². The van der Waals surface area contributed by atoms with Crippen molar-refractivity contribution in [2.24, 2.45) is 0 Å². The first-order chi connectivity index (χ1) is 19.3. The lowest BCUT2D eigenvalue weighted by Crippen LogP contribution is -2.06. The fourth-order valence-corrected chi connectivity index (χ4v) is 5.13. The van der Waals surface area contributed by atoms with Crippen LogP contribution in [0.15, 0.2) is 108 Å². The van der Waals surface area contributed by atoms with E-state index >= 15 is 0 Å². The zero-order chi connectivity index (χ0) is 28.0. The van der Waals surface area contributed by atoms with E-state index in [9.17, 15) is 25.0 Å². The lowest BCUT2D eigenvalue weighted by Gasteiger charge is -2.15. The molecule has 8 heteroatoms. The van der Waals surface area contributed by atoms with Gasteiger partial charge >= 0.3 is 0 Å². The fourth-order valence-electron chi connectivity index (χ4n) is 5.13. The average molecular weight is 529 g/mol. The van der Waals surface area contributed by atoms with Gasteiger partial charge in [-0.15, -0.1) is 0 Å². The molecule has 0 bridgehead atoms. The summed E-state index contributed by atoms with van der Waals surface area (Å²) in [6.07, 6.45) is 0. The van der Waals surface area contributed by atoms with Crippen LogP contribution in [0.2, 0.25) is 0 Å². The molecule has 194 valence electrons. The molecule has 8 nitrogen and oxygen atoms in total. The molecular weight excluding hydrogens is 508 g/mol. The number of carbonyl (C=O) groups excluding carboxylic acids is 1. The number of non-ortho nitro benzene ring substituents is 2. The van der Waals surface area contributed by atoms with Crippen LogP contribution in [0.3, 0.4) is 0 Å².